The van der Waals surface area contributed by atoms with Crippen LogP contribution in [0.2, 0.25) is 5.15 Å². The lowest BCUT2D eigenvalue weighted by Crippen LogP contribution is -1.99. The Balaban J connectivity index is 1.86. The number of benzene rings is 1. The summed E-state index contributed by atoms with van der Waals surface area (Å²) in [5, 5.41) is 5.87. The molecule has 0 N–H and O–H groups in total. The predicted octanol–water partition coefficient (Wildman–Crippen LogP) is 3.38. The number of nitrogens with zero attached hydrogens (tertiary/aromatic N) is 5. The minimum absolute atomic E-state index is 0.397. The number of para-hydroxylation sites is 2. The first-order valence-corrected chi connectivity index (χ1v) is 7.31. The maximum absolute atomic E-state index is 6.14. The van der Waals surface area contributed by atoms with Crippen LogP contribution in [0.15, 0.2) is 45.3 Å². The van der Waals surface area contributed by atoms with Crippen molar-refractivity contribution in [3.63, 3.8) is 0 Å². The molecule has 0 bridgehead atoms. The minimum atomic E-state index is 0.397. The van der Waals surface area contributed by atoms with E-state index in [1.807, 2.05) is 31.2 Å². The highest BCUT2D eigenvalue weighted by Crippen LogP contribution is 2.33. The highest BCUT2D eigenvalue weighted by Gasteiger charge is 2.16. The van der Waals surface area contributed by atoms with Crippen LogP contribution < -0.4 is 0 Å². The van der Waals surface area contributed by atoms with Gasteiger partial charge in [-0.15, -0.1) is 0 Å². The highest BCUT2D eigenvalue weighted by atomic mass is 35.5. The zero-order valence-corrected chi connectivity index (χ0v) is 12.4. The van der Waals surface area contributed by atoms with Crippen molar-refractivity contribution >= 4 is 40.2 Å². The van der Waals surface area contributed by atoms with Gasteiger partial charge in [0.05, 0.1) is 0 Å². The molecule has 0 spiro atoms. The molecule has 6 nitrogen and oxygen atoms in total. The fraction of sp³-hybridized carbons (Fsp3) is 0.0769. The largest absolute Gasteiger partial charge is 0.431 e. The molecule has 0 amide bonds. The Kier molecular flexibility index (Phi) is 2.83. The molecule has 4 aromatic rings. The van der Waals surface area contributed by atoms with E-state index in [9.17, 15) is 0 Å². The molecule has 8 heteroatoms. The van der Waals surface area contributed by atoms with Crippen molar-refractivity contribution in [3.05, 3.63) is 41.3 Å². The molecule has 1 aromatic carbocycles. The van der Waals surface area contributed by atoms with Crippen molar-refractivity contribution in [1.29, 1.82) is 0 Å². The fourth-order valence-electron chi connectivity index (χ4n) is 1.97. The van der Waals surface area contributed by atoms with Gasteiger partial charge in [-0.1, -0.05) is 23.7 Å². The van der Waals surface area contributed by atoms with Gasteiger partial charge in [0, 0.05) is 5.56 Å². The normalized spacial score (nSPS) is 11.5. The Morgan fingerprint density at radius 1 is 1.24 bits per heavy atom. The van der Waals surface area contributed by atoms with Crippen LogP contribution in [0.5, 0.6) is 0 Å². The molecule has 4 rings (SSSR count). The summed E-state index contributed by atoms with van der Waals surface area (Å²) in [6.45, 7) is 1.88. The van der Waals surface area contributed by atoms with E-state index in [-0.39, 0.29) is 0 Å². The smallest absolute Gasteiger partial charge is 0.263 e. The summed E-state index contributed by atoms with van der Waals surface area (Å²) in [6, 6.07) is 7.61. The van der Waals surface area contributed by atoms with Crippen molar-refractivity contribution in [2.24, 2.45) is 0 Å². The van der Waals surface area contributed by atoms with Gasteiger partial charge in [0.25, 0.3) is 11.0 Å². The van der Waals surface area contributed by atoms with E-state index in [0.29, 0.717) is 16.2 Å². The van der Waals surface area contributed by atoms with E-state index in [2.05, 4.69) is 20.1 Å². The van der Waals surface area contributed by atoms with Gasteiger partial charge in [0.2, 0.25) is 0 Å². The molecule has 0 aliphatic heterocycles. The van der Waals surface area contributed by atoms with Crippen molar-refractivity contribution < 1.29 is 4.42 Å². The molecule has 0 unspecified atom stereocenters. The van der Waals surface area contributed by atoms with E-state index < -0.39 is 0 Å². The third-order valence-corrected chi connectivity index (χ3v) is 4.40. The van der Waals surface area contributed by atoms with Gasteiger partial charge in [-0.3, -0.25) is 0 Å². The molecule has 0 saturated heterocycles. The summed E-state index contributed by atoms with van der Waals surface area (Å²) >= 11 is 7.48. The van der Waals surface area contributed by atoms with Gasteiger partial charge in [0.15, 0.2) is 5.58 Å². The molecular weight excluding hydrogens is 310 g/mol. The van der Waals surface area contributed by atoms with Crippen LogP contribution in [0, 0.1) is 6.92 Å². The van der Waals surface area contributed by atoms with E-state index in [1.54, 1.807) is 4.52 Å². The molecular formula is C13H8ClN5OS. The van der Waals surface area contributed by atoms with Gasteiger partial charge in [0.1, 0.15) is 22.0 Å². The predicted molar refractivity (Wildman–Crippen MR) is 78.7 cm³/mol. The summed E-state index contributed by atoms with van der Waals surface area (Å²) in [4.78, 5) is 12.7. The van der Waals surface area contributed by atoms with Crippen LogP contribution in [0.1, 0.15) is 5.56 Å². The lowest BCUT2D eigenvalue weighted by Gasteiger charge is -2.05. The monoisotopic (exact) mass is 317 g/mol. The summed E-state index contributed by atoms with van der Waals surface area (Å²) < 4.78 is 7.34. The molecule has 0 aliphatic rings. The lowest BCUT2D eigenvalue weighted by molar-refractivity contribution is 0.488. The molecule has 0 saturated carbocycles. The summed E-state index contributed by atoms with van der Waals surface area (Å²) in [7, 11) is 0. The Bertz CT molecular complexity index is 931. The van der Waals surface area contributed by atoms with Crippen LogP contribution in [0.25, 0.3) is 16.9 Å². The van der Waals surface area contributed by atoms with Crippen molar-refractivity contribution in [1.82, 2.24) is 24.6 Å². The van der Waals surface area contributed by atoms with Gasteiger partial charge in [-0.2, -0.15) is 19.6 Å². The lowest BCUT2D eigenvalue weighted by atomic mass is 10.3. The SMILES string of the molecule is Cc1c(Cl)nc2ncnn2c1Sc1nc2ccccc2o1. The summed E-state index contributed by atoms with van der Waals surface area (Å²) in [5.41, 5.74) is 2.36. The van der Waals surface area contributed by atoms with Gasteiger partial charge >= 0.3 is 0 Å². The standard InChI is InChI=1S/C13H8ClN5OS/c1-7-10(14)18-12-15-6-16-19(12)11(7)21-13-17-8-4-2-3-5-9(8)20-13/h2-6H,1H3. The molecule has 3 aromatic heterocycles. The molecule has 104 valence electrons. The van der Waals surface area contributed by atoms with E-state index in [0.717, 1.165) is 21.7 Å². The fourth-order valence-corrected chi connectivity index (χ4v) is 3.10. The minimum Gasteiger partial charge on any atom is -0.431 e. The van der Waals surface area contributed by atoms with Gasteiger partial charge < -0.3 is 4.42 Å². The van der Waals surface area contributed by atoms with Crippen molar-refractivity contribution in [2.75, 3.05) is 0 Å². The van der Waals surface area contributed by atoms with Crippen LogP contribution in [0.3, 0.4) is 0 Å². The molecule has 0 aliphatic carbocycles. The van der Waals surface area contributed by atoms with Crippen LogP contribution in [0.4, 0.5) is 0 Å². The highest BCUT2D eigenvalue weighted by molar-refractivity contribution is 7.99. The van der Waals surface area contributed by atoms with Gasteiger partial charge in [-0.05, 0) is 30.8 Å². The van der Waals surface area contributed by atoms with E-state index >= 15 is 0 Å². The number of hydrogen-bond donors (Lipinski definition) is 0. The summed E-state index contributed by atoms with van der Waals surface area (Å²) in [5.74, 6) is 0.448. The first-order valence-electron chi connectivity index (χ1n) is 6.11. The molecule has 21 heavy (non-hydrogen) atoms. The molecule has 0 atom stereocenters. The van der Waals surface area contributed by atoms with Crippen molar-refractivity contribution in [2.45, 2.75) is 17.2 Å². The van der Waals surface area contributed by atoms with Crippen molar-refractivity contribution in [3.8, 4) is 0 Å². The van der Waals surface area contributed by atoms with Gasteiger partial charge in [-0.25, -0.2) is 4.98 Å². The second-order valence-electron chi connectivity index (χ2n) is 4.35. The third kappa shape index (κ3) is 2.05. The first-order chi connectivity index (χ1) is 10.2. The zero-order valence-electron chi connectivity index (χ0n) is 10.8. The molecule has 0 radical (unpaired) electrons. The Labute approximate surface area is 128 Å². The maximum Gasteiger partial charge on any atom is 0.263 e. The van der Waals surface area contributed by atoms with Crippen LogP contribution in [-0.2, 0) is 0 Å². The average Bonchev–Trinajstić information content (AvgIpc) is 3.09. The van der Waals surface area contributed by atoms with Crippen LogP contribution in [-0.4, -0.2) is 24.6 Å². The molecule has 3 heterocycles. The Morgan fingerprint density at radius 2 is 2.10 bits per heavy atom. The Hall–Kier alpha value is -2.12. The van der Waals surface area contributed by atoms with E-state index in [4.69, 9.17) is 16.0 Å². The van der Waals surface area contributed by atoms with Crippen LogP contribution >= 0.6 is 23.4 Å². The average molecular weight is 318 g/mol. The Morgan fingerprint density at radius 3 is 2.95 bits per heavy atom. The number of halogens is 1. The maximum atomic E-state index is 6.14. The van der Waals surface area contributed by atoms with E-state index in [1.165, 1.54) is 18.1 Å². The quantitative estimate of drug-likeness (QED) is 0.528. The summed E-state index contributed by atoms with van der Waals surface area (Å²) in [6.07, 6.45) is 1.44. The number of rotatable bonds is 2. The second kappa shape index (κ2) is 4.71. The number of oxazole rings is 1. The second-order valence-corrected chi connectivity index (χ2v) is 5.65. The number of aromatic nitrogens is 5. The molecule has 0 fully saturated rings. The topological polar surface area (TPSA) is 69.1 Å². The third-order valence-electron chi connectivity index (χ3n) is 3.01. The first kappa shape index (κ1) is 12.6. The zero-order chi connectivity index (χ0) is 14.4. The number of hydrogen-bond acceptors (Lipinski definition) is 6. The number of fused-ring (bicyclic) bond motifs is 2.